The third kappa shape index (κ3) is 2.68. The Labute approximate surface area is 132 Å². The van der Waals surface area contributed by atoms with E-state index in [4.69, 9.17) is 16.3 Å². The third-order valence-corrected chi connectivity index (χ3v) is 5.84. The van der Waals surface area contributed by atoms with Crippen molar-refractivity contribution in [2.75, 3.05) is 12.4 Å². The molecule has 0 aliphatic carbocycles. The highest BCUT2D eigenvalue weighted by Crippen LogP contribution is 2.39. The molecule has 0 spiro atoms. The van der Waals surface area contributed by atoms with Gasteiger partial charge in [-0.05, 0) is 13.0 Å². The van der Waals surface area contributed by atoms with Gasteiger partial charge in [-0.25, -0.2) is 8.42 Å². The number of ether oxygens (including phenoxy) is 1. The summed E-state index contributed by atoms with van der Waals surface area (Å²) >= 11 is 5.77. The molecule has 9 heteroatoms. The molecule has 0 N–H and O–H groups in total. The van der Waals surface area contributed by atoms with Crippen LogP contribution in [0.2, 0.25) is 0 Å². The van der Waals surface area contributed by atoms with Crippen molar-refractivity contribution in [2.45, 2.75) is 24.6 Å². The summed E-state index contributed by atoms with van der Waals surface area (Å²) in [6, 6.07) is 0. The second-order valence-electron chi connectivity index (χ2n) is 4.90. The first-order valence-electron chi connectivity index (χ1n) is 6.41. The van der Waals surface area contributed by atoms with E-state index in [1.165, 1.54) is 12.2 Å². The smallest absolute Gasteiger partial charge is 0.302 e. The lowest BCUT2D eigenvalue weighted by Gasteiger charge is -2.47. The summed E-state index contributed by atoms with van der Waals surface area (Å²) in [5.74, 6) is -2.27. The highest BCUT2D eigenvalue weighted by molar-refractivity contribution is 7.92. The van der Waals surface area contributed by atoms with Gasteiger partial charge in [0.05, 0.1) is 11.4 Å². The van der Waals surface area contributed by atoms with Gasteiger partial charge in [-0.2, -0.15) is 0 Å². The number of halogens is 1. The minimum Gasteiger partial charge on any atom is -0.461 e. The zero-order chi connectivity index (χ0) is 16.7. The summed E-state index contributed by atoms with van der Waals surface area (Å²) in [4.78, 5) is 35.9. The third-order valence-electron chi connectivity index (χ3n) is 3.30. The average molecular weight is 348 g/mol. The van der Waals surface area contributed by atoms with Crippen LogP contribution in [0.4, 0.5) is 0 Å². The monoisotopic (exact) mass is 347 g/mol. The lowest BCUT2D eigenvalue weighted by Crippen LogP contribution is -2.68. The molecule has 2 atom stereocenters. The Balaban J connectivity index is 2.51. The van der Waals surface area contributed by atoms with E-state index >= 15 is 0 Å². The van der Waals surface area contributed by atoms with Crippen molar-refractivity contribution >= 4 is 39.1 Å². The Bertz CT molecular complexity index is 708. The predicted molar refractivity (Wildman–Crippen MR) is 77.5 cm³/mol. The Morgan fingerprint density at radius 2 is 2.09 bits per heavy atom. The zero-order valence-electron chi connectivity index (χ0n) is 11.9. The van der Waals surface area contributed by atoms with E-state index in [2.05, 4.69) is 0 Å². The van der Waals surface area contributed by atoms with Crippen molar-refractivity contribution in [3.63, 3.8) is 0 Å². The van der Waals surface area contributed by atoms with E-state index in [9.17, 15) is 22.8 Å². The SMILES string of the molecule is C/C=C/C(=O)C1=C(COC(C)=O)CS(=O)(=O)[C@@H]2[C@@H](Cl)C(=O)N12. The number of hydrogen-bond donors (Lipinski definition) is 0. The summed E-state index contributed by atoms with van der Waals surface area (Å²) in [5.41, 5.74) is 0.00698. The molecule has 1 saturated heterocycles. The second kappa shape index (κ2) is 5.85. The zero-order valence-corrected chi connectivity index (χ0v) is 13.5. The number of fused-ring (bicyclic) bond motifs is 1. The molecule has 0 unspecified atom stereocenters. The summed E-state index contributed by atoms with van der Waals surface area (Å²) in [6.45, 7) is 2.41. The van der Waals surface area contributed by atoms with E-state index in [-0.39, 0.29) is 17.9 Å². The quantitative estimate of drug-likeness (QED) is 0.311. The first kappa shape index (κ1) is 16.7. The van der Waals surface area contributed by atoms with Gasteiger partial charge in [0.25, 0.3) is 0 Å². The number of carbonyl (C=O) groups excluding carboxylic acids is 3. The Morgan fingerprint density at radius 1 is 1.45 bits per heavy atom. The van der Waals surface area contributed by atoms with Gasteiger partial charge in [0.15, 0.2) is 15.2 Å². The number of allylic oxidation sites excluding steroid dienone is 2. The molecule has 2 aliphatic heterocycles. The molecule has 1 fully saturated rings. The maximum Gasteiger partial charge on any atom is 0.302 e. The molecule has 0 radical (unpaired) electrons. The number of alkyl halides is 1. The number of rotatable bonds is 4. The van der Waals surface area contributed by atoms with E-state index < -0.39 is 44.0 Å². The normalized spacial score (nSPS) is 26.7. The highest BCUT2D eigenvalue weighted by Gasteiger charge is 2.58. The van der Waals surface area contributed by atoms with E-state index in [1.807, 2.05) is 0 Å². The summed E-state index contributed by atoms with van der Waals surface area (Å²) < 4.78 is 29.2. The number of amides is 1. The molecule has 2 aliphatic rings. The predicted octanol–water partition coefficient (Wildman–Crippen LogP) is 0.153. The number of sulfone groups is 1. The van der Waals surface area contributed by atoms with Crippen LogP contribution in [-0.2, 0) is 29.0 Å². The number of carbonyl (C=O) groups is 3. The standard InChI is InChI=1S/C13H14ClNO6S/c1-3-4-9(17)11-8(5-21-7(2)16)6-22(19,20)13-10(14)12(18)15(11)13/h3-4,10,13H,5-6H2,1-2H3/b4-3+/t10-,13+/m0/s1. The van der Waals surface area contributed by atoms with Crippen molar-refractivity contribution in [3.05, 3.63) is 23.4 Å². The van der Waals surface area contributed by atoms with E-state index in [0.717, 1.165) is 11.8 Å². The molecule has 2 rings (SSSR count). The summed E-state index contributed by atoms with van der Waals surface area (Å²) in [6.07, 6.45) is 2.69. The van der Waals surface area contributed by atoms with Crippen LogP contribution in [0.3, 0.4) is 0 Å². The fourth-order valence-electron chi connectivity index (χ4n) is 2.40. The molecular weight excluding hydrogens is 334 g/mol. The van der Waals surface area contributed by atoms with Crippen LogP contribution in [0.5, 0.6) is 0 Å². The second-order valence-corrected chi connectivity index (χ2v) is 7.47. The molecule has 0 bridgehead atoms. The minimum atomic E-state index is -3.74. The number of esters is 1. The topological polar surface area (TPSA) is 97.8 Å². The van der Waals surface area contributed by atoms with Gasteiger partial charge >= 0.3 is 5.97 Å². The van der Waals surface area contributed by atoms with Gasteiger partial charge in [-0.15, -0.1) is 11.6 Å². The van der Waals surface area contributed by atoms with Crippen molar-refractivity contribution in [1.82, 2.24) is 4.90 Å². The molecule has 0 aromatic rings. The van der Waals surface area contributed by atoms with Crippen LogP contribution in [0.1, 0.15) is 13.8 Å². The first-order valence-corrected chi connectivity index (χ1v) is 8.57. The molecule has 1 amide bonds. The Morgan fingerprint density at radius 3 is 2.64 bits per heavy atom. The molecule has 120 valence electrons. The number of nitrogens with zero attached hydrogens (tertiary/aromatic N) is 1. The van der Waals surface area contributed by atoms with Crippen LogP contribution in [0.25, 0.3) is 0 Å². The first-order chi connectivity index (χ1) is 10.2. The maximum atomic E-state index is 12.2. The summed E-state index contributed by atoms with van der Waals surface area (Å²) in [5, 5.41) is -2.44. The van der Waals surface area contributed by atoms with Crippen LogP contribution in [0.15, 0.2) is 23.4 Å². The maximum absolute atomic E-state index is 12.2. The molecule has 2 heterocycles. The van der Waals surface area contributed by atoms with Gasteiger partial charge in [-0.1, -0.05) is 6.08 Å². The number of ketones is 1. The van der Waals surface area contributed by atoms with Crippen LogP contribution < -0.4 is 0 Å². The fraction of sp³-hybridized carbons (Fsp3) is 0.462. The van der Waals surface area contributed by atoms with E-state index in [0.29, 0.717) is 0 Å². The van der Waals surface area contributed by atoms with Gasteiger partial charge < -0.3 is 4.74 Å². The Hall–Kier alpha value is -1.67. The fourth-order valence-corrected chi connectivity index (χ4v) is 4.97. The van der Waals surface area contributed by atoms with Crippen LogP contribution in [0, 0.1) is 0 Å². The molecule has 0 aromatic heterocycles. The molecular formula is C13H14ClNO6S. The lowest BCUT2D eigenvalue weighted by atomic mass is 10.0. The van der Waals surface area contributed by atoms with Crippen molar-refractivity contribution < 1.29 is 27.5 Å². The van der Waals surface area contributed by atoms with Crippen LogP contribution in [-0.4, -0.2) is 54.1 Å². The number of hydrogen-bond acceptors (Lipinski definition) is 6. The van der Waals surface area contributed by atoms with E-state index in [1.54, 1.807) is 6.92 Å². The van der Waals surface area contributed by atoms with Gasteiger partial charge in [0, 0.05) is 12.5 Å². The van der Waals surface area contributed by atoms with Crippen LogP contribution >= 0.6 is 11.6 Å². The molecule has 22 heavy (non-hydrogen) atoms. The molecule has 0 aromatic carbocycles. The van der Waals surface area contributed by atoms with Gasteiger partial charge in [0.2, 0.25) is 11.7 Å². The van der Waals surface area contributed by atoms with Crippen molar-refractivity contribution in [3.8, 4) is 0 Å². The highest BCUT2D eigenvalue weighted by atomic mass is 35.5. The summed E-state index contributed by atoms with van der Waals surface area (Å²) in [7, 11) is -3.74. The average Bonchev–Trinajstić information content (AvgIpc) is 2.42. The molecule has 7 nitrogen and oxygen atoms in total. The number of β-lactam (4-membered cyclic amide) rings is 1. The lowest BCUT2D eigenvalue weighted by molar-refractivity contribution is -0.141. The van der Waals surface area contributed by atoms with Crippen molar-refractivity contribution in [2.24, 2.45) is 0 Å². The van der Waals surface area contributed by atoms with Gasteiger partial charge in [-0.3, -0.25) is 19.3 Å². The minimum absolute atomic E-state index is 0.0684. The Kier molecular flexibility index (Phi) is 4.44. The largest absolute Gasteiger partial charge is 0.461 e. The molecule has 0 saturated carbocycles. The van der Waals surface area contributed by atoms with Gasteiger partial charge in [0.1, 0.15) is 12.0 Å². The van der Waals surface area contributed by atoms with Crippen molar-refractivity contribution in [1.29, 1.82) is 0 Å².